The van der Waals surface area contributed by atoms with Gasteiger partial charge in [0.25, 0.3) is 5.91 Å². The highest BCUT2D eigenvalue weighted by molar-refractivity contribution is 5.96. The predicted octanol–water partition coefficient (Wildman–Crippen LogP) is 3.91. The maximum atomic E-state index is 12.0. The zero-order valence-electron chi connectivity index (χ0n) is 13.0. The molecule has 1 aromatic carbocycles. The lowest BCUT2D eigenvalue weighted by atomic mass is 10.0. The smallest absolute Gasteiger partial charge is 0.251 e. The van der Waals surface area contributed by atoms with Crippen LogP contribution in [0.3, 0.4) is 0 Å². The Morgan fingerprint density at radius 1 is 1.20 bits per heavy atom. The van der Waals surface area contributed by atoms with Gasteiger partial charge in [0.2, 0.25) is 0 Å². The van der Waals surface area contributed by atoms with E-state index >= 15 is 0 Å². The lowest BCUT2D eigenvalue weighted by Crippen LogP contribution is -2.25. The minimum atomic E-state index is -0.0167. The molecule has 0 saturated carbocycles. The Labute approximate surface area is 122 Å². The van der Waals surface area contributed by atoms with Gasteiger partial charge < -0.3 is 11.1 Å². The third-order valence-corrected chi connectivity index (χ3v) is 3.61. The van der Waals surface area contributed by atoms with Crippen molar-refractivity contribution in [1.29, 1.82) is 0 Å². The molecule has 0 saturated heterocycles. The molecule has 0 radical (unpaired) electrons. The molecule has 0 atom stereocenters. The average molecular weight is 276 g/mol. The largest absolute Gasteiger partial charge is 0.398 e. The zero-order valence-corrected chi connectivity index (χ0v) is 13.0. The summed E-state index contributed by atoms with van der Waals surface area (Å²) in [6, 6.07) is 5.47. The van der Waals surface area contributed by atoms with Gasteiger partial charge in [-0.1, -0.05) is 45.6 Å². The summed E-state index contributed by atoms with van der Waals surface area (Å²) in [6.45, 7) is 7.15. The fourth-order valence-corrected chi connectivity index (χ4v) is 2.23. The van der Waals surface area contributed by atoms with Crippen molar-refractivity contribution >= 4 is 11.6 Å². The van der Waals surface area contributed by atoms with Crippen LogP contribution in [0.4, 0.5) is 5.69 Å². The van der Waals surface area contributed by atoms with Crippen LogP contribution in [0.5, 0.6) is 0 Å². The van der Waals surface area contributed by atoms with E-state index in [1.807, 2.05) is 25.1 Å². The van der Waals surface area contributed by atoms with Crippen LogP contribution in [0.2, 0.25) is 0 Å². The molecular weight excluding hydrogens is 248 g/mol. The number of hydrogen-bond donors (Lipinski definition) is 2. The van der Waals surface area contributed by atoms with E-state index in [4.69, 9.17) is 5.73 Å². The van der Waals surface area contributed by atoms with Crippen molar-refractivity contribution in [2.45, 2.75) is 52.9 Å². The molecule has 112 valence electrons. The van der Waals surface area contributed by atoms with Crippen LogP contribution in [0, 0.1) is 12.8 Å². The van der Waals surface area contributed by atoms with Gasteiger partial charge in [0, 0.05) is 17.8 Å². The number of anilines is 1. The Bertz CT molecular complexity index is 427. The molecule has 0 aliphatic heterocycles. The molecule has 1 rings (SSSR count). The van der Waals surface area contributed by atoms with Gasteiger partial charge in [0.05, 0.1) is 0 Å². The summed E-state index contributed by atoms with van der Waals surface area (Å²) in [7, 11) is 0. The number of carbonyl (C=O) groups is 1. The molecular formula is C17H28N2O. The van der Waals surface area contributed by atoms with Gasteiger partial charge in [0.15, 0.2) is 0 Å². The SMILES string of the molecule is Cc1c(N)cccc1C(=O)NCCCCCCC(C)C. The van der Waals surface area contributed by atoms with Gasteiger partial charge in [-0.05, 0) is 37.0 Å². The summed E-state index contributed by atoms with van der Waals surface area (Å²) in [6.07, 6.45) is 6.08. The average Bonchev–Trinajstić information content (AvgIpc) is 2.40. The maximum absolute atomic E-state index is 12.0. The van der Waals surface area contributed by atoms with Gasteiger partial charge in [-0.2, -0.15) is 0 Å². The fourth-order valence-electron chi connectivity index (χ4n) is 2.23. The van der Waals surface area contributed by atoms with Gasteiger partial charge in [0.1, 0.15) is 0 Å². The summed E-state index contributed by atoms with van der Waals surface area (Å²) in [5, 5.41) is 2.97. The van der Waals surface area contributed by atoms with Crippen molar-refractivity contribution in [1.82, 2.24) is 5.32 Å². The standard InChI is InChI=1S/C17H28N2O/c1-13(2)9-6-4-5-7-12-19-17(20)15-10-8-11-16(18)14(15)3/h8,10-11,13H,4-7,9,12,18H2,1-3H3,(H,19,20). The number of hydrogen-bond acceptors (Lipinski definition) is 2. The highest BCUT2D eigenvalue weighted by Gasteiger charge is 2.09. The van der Waals surface area contributed by atoms with E-state index in [9.17, 15) is 4.79 Å². The lowest BCUT2D eigenvalue weighted by Gasteiger charge is -2.09. The molecule has 0 bridgehead atoms. The lowest BCUT2D eigenvalue weighted by molar-refractivity contribution is 0.0952. The molecule has 0 aliphatic rings. The Balaban J connectivity index is 2.22. The molecule has 0 spiro atoms. The summed E-state index contributed by atoms with van der Waals surface area (Å²) < 4.78 is 0. The van der Waals surface area contributed by atoms with Crippen LogP contribution in [-0.2, 0) is 0 Å². The van der Waals surface area contributed by atoms with Crippen LogP contribution in [0.1, 0.15) is 61.9 Å². The van der Waals surface area contributed by atoms with Crippen LogP contribution < -0.4 is 11.1 Å². The molecule has 0 heterocycles. The van der Waals surface area contributed by atoms with Crippen molar-refractivity contribution in [2.75, 3.05) is 12.3 Å². The summed E-state index contributed by atoms with van der Waals surface area (Å²) in [5.74, 6) is 0.776. The quantitative estimate of drug-likeness (QED) is 0.558. The molecule has 20 heavy (non-hydrogen) atoms. The molecule has 0 aliphatic carbocycles. The summed E-state index contributed by atoms with van der Waals surface area (Å²) in [4.78, 5) is 12.0. The van der Waals surface area contributed by atoms with Crippen molar-refractivity contribution in [3.05, 3.63) is 29.3 Å². The van der Waals surface area contributed by atoms with E-state index in [0.717, 1.165) is 24.4 Å². The number of benzene rings is 1. The summed E-state index contributed by atoms with van der Waals surface area (Å²) >= 11 is 0. The maximum Gasteiger partial charge on any atom is 0.251 e. The third-order valence-electron chi connectivity index (χ3n) is 3.61. The van der Waals surface area contributed by atoms with Crippen molar-refractivity contribution in [3.63, 3.8) is 0 Å². The van der Waals surface area contributed by atoms with Gasteiger partial charge in [-0.15, -0.1) is 0 Å². The van der Waals surface area contributed by atoms with E-state index in [1.165, 1.54) is 25.7 Å². The Morgan fingerprint density at radius 2 is 1.90 bits per heavy atom. The molecule has 0 aromatic heterocycles. The van der Waals surface area contributed by atoms with Crippen molar-refractivity contribution in [3.8, 4) is 0 Å². The van der Waals surface area contributed by atoms with Crippen LogP contribution in [0.25, 0.3) is 0 Å². The van der Waals surface area contributed by atoms with E-state index < -0.39 is 0 Å². The summed E-state index contributed by atoms with van der Waals surface area (Å²) in [5.41, 5.74) is 8.03. The Morgan fingerprint density at radius 3 is 2.60 bits per heavy atom. The Kier molecular flexibility index (Phi) is 7.13. The number of nitrogens with two attached hydrogens (primary N) is 1. The second-order valence-electron chi connectivity index (χ2n) is 5.87. The number of nitrogens with one attached hydrogen (secondary N) is 1. The van der Waals surface area contributed by atoms with E-state index in [2.05, 4.69) is 19.2 Å². The van der Waals surface area contributed by atoms with Crippen molar-refractivity contribution in [2.24, 2.45) is 5.92 Å². The van der Waals surface area contributed by atoms with Crippen LogP contribution in [-0.4, -0.2) is 12.5 Å². The Hall–Kier alpha value is -1.51. The number of amides is 1. The molecule has 1 aromatic rings. The predicted molar refractivity (Wildman–Crippen MR) is 85.8 cm³/mol. The zero-order chi connectivity index (χ0) is 15.0. The number of unbranched alkanes of at least 4 members (excludes halogenated alkanes) is 3. The van der Waals surface area contributed by atoms with E-state index in [0.29, 0.717) is 11.3 Å². The first-order valence-electron chi connectivity index (χ1n) is 7.65. The second kappa shape index (κ2) is 8.62. The first kappa shape index (κ1) is 16.5. The molecule has 0 fully saturated rings. The van der Waals surface area contributed by atoms with E-state index in [-0.39, 0.29) is 5.91 Å². The number of rotatable bonds is 8. The molecule has 3 heteroatoms. The van der Waals surface area contributed by atoms with Crippen molar-refractivity contribution < 1.29 is 4.79 Å². The highest BCUT2D eigenvalue weighted by Crippen LogP contribution is 2.15. The van der Waals surface area contributed by atoms with Gasteiger partial charge in [-0.25, -0.2) is 0 Å². The minimum absolute atomic E-state index is 0.0167. The third kappa shape index (κ3) is 5.64. The first-order chi connectivity index (χ1) is 9.52. The fraction of sp³-hybridized carbons (Fsp3) is 0.588. The topological polar surface area (TPSA) is 55.1 Å². The molecule has 3 nitrogen and oxygen atoms in total. The minimum Gasteiger partial charge on any atom is -0.398 e. The van der Waals surface area contributed by atoms with Crippen LogP contribution >= 0.6 is 0 Å². The van der Waals surface area contributed by atoms with Gasteiger partial charge >= 0.3 is 0 Å². The van der Waals surface area contributed by atoms with Gasteiger partial charge in [-0.3, -0.25) is 4.79 Å². The number of carbonyl (C=O) groups excluding carboxylic acids is 1. The van der Waals surface area contributed by atoms with Crippen LogP contribution in [0.15, 0.2) is 18.2 Å². The molecule has 1 amide bonds. The second-order valence-corrected chi connectivity index (χ2v) is 5.87. The monoisotopic (exact) mass is 276 g/mol. The highest BCUT2D eigenvalue weighted by atomic mass is 16.1. The first-order valence-corrected chi connectivity index (χ1v) is 7.65. The molecule has 3 N–H and O–H groups in total. The van der Waals surface area contributed by atoms with E-state index in [1.54, 1.807) is 0 Å². The normalized spacial score (nSPS) is 10.8. The number of nitrogen functional groups attached to an aromatic ring is 1. The molecule has 0 unspecified atom stereocenters.